The maximum Gasteiger partial charge on any atom is 0.225 e. The first-order chi connectivity index (χ1) is 12.1. The lowest BCUT2D eigenvalue weighted by Crippen LogP contribution is -2.50. The molecule has 1 unspecified atom stereocenters. The number of halogens is 2. The molecule has 6 nitrogen and oxygen atoms in total. The van der Waals surface area contributed by atoms with Crippen molar-refractivity contribution in [2.24, 2.45) is 10.9 Å². The molecular weight excluding hydrogens is 487 g/mol. The number of guanidine groups is 1. The van der Waals surface area contributed by atoms with E-state index < -0.39 is 6.10 Å². The first-order valence-corrected chi connectivity index (χ1v) is 9.95. The molecule has 146 valence electrons. The monoisotopic (exact) mass is 512 g/mol. The number of hydrogen-bond acceptors (Lipinski definition) is 4. The van der Waals surface area contributed by atoms with Crippen LogP contribution in [0.15, 0.2) is 17.1 Å². The molecular formula is C17H26ClIN4O2S. The number of hydrogen-bond donors (Lipinski definition) is 3. The summed E-state index contributed by atoms with van der Waals surface area (Å²) in [7, 11) is 1.72. The normalized spacial score (nSPS) is 19.7. The molecule has 1 aromatic rings. The Labute approximate surface area is 180 Å². The summed E-state index contributed by atoms with van der Waals surface area (Å²) in [4.78, 5) is 19.1. The van der Waals surface area contributed by atoms with Gasteiger partial charge >= 0.3 is 0 Å². The highest BCUT2D eigenvalue weighted by Gasteiger charge is 2.34. The molecule has 1 amide bonds. The number of rotatable bonds is 5. The minimum absolute atomic E-state index is 0. The Bertz CT molecular complexity index is 630. The van der Waals surface area contributed by atoms with Crippen molar-refractivity contribution in [1.82, 2.24) is 15.5 Å². The quantitative estimate of drug-likeness (QED) is 0.322. The second-order valence-electron chi connectivity index (χ2n) is 6.63. The Morgan fingerprint density at radius 3 is 2.62 bits per heavy atom. The molecule has 1 aliphatic heterocycles. The van der Waals surface area contributed by atoms with Crippen molar-refractivity contribution in [2.75, 3.05) is 26.7 Å². The van der Waals surface area contributed by atoms with Crippen LogP contribution in [0.4, 0.5) is 0 Å². The minimum Gasteiger partial charge on any atom is -0.386 e. The number of aliphatic imine (C=N–C) groups is 1. The van der Waals surface area contributed by atoms with Crippen molar-refractivity contribution < 1.29 is 9.90 Å². The number of aliphatic hydroxyl groups excluding tert-OH is 1. The standard InChI is InChI=1S/C17H25ClN4O2S.HI/c1-19-17(20-10-13(23)14-4-5-15(18)25-14)21-12-6-8-22(9-7-12)16(24)11-2-3-11;/h4-5,11-13,23H,2-3,6-10H2,1H3,(H2,19,20,21);1H. The molecule has 1 aliphatic carbocycles. The van der Waals surface area contributed by atoms with Crippen LogP contribution in [-0.2, 0) is 4.79 Å². The van der Waals surface area contributed by atoms with Gasteiger partial charge in [-0.3, -0.25) is 9.79 Å². The molecule has 26 heavy (non-hydrogen) atoms. The number of carbonyl (C=O) groups excluding carboxylic acids is 1. The molecule has 0 bridgehead atoms. The van der Waals surface area contributed by atoms with Crippen molar-refractivity contribution >= 4 is 58.8 Å². The second kappa shape index (κ2) is 10.1. The fourth-order valence-corrected chi connectivity index (χ4v) is 4.07. The van der Waals surface area contributed by atoms with Gasteiger partial charge in [0, 0.05) is 43.5 Å². The van der Waals surface area contributed by atoms with Crippen LogP contribution in [-0.4, -0.2) is 54.6 Å². The first-order valence-electron chi connectivity index (χ1n) is 8.76. The van der Waals surface area contributed by atoms with E-state index in [2.05, 4.69) is 15.6 Å². The third kappa shape index (κ3) is 5.97. The first kappa shape index (κ1) is 21.7. The maximum absolute atomic E-state index is 12.1. The predicted molar refractivity (Wildman–Crippen MR) is 117 cm³/mol. The smallest absolute Gasteiger partial charge is 0.225 e. The van der Waals surface area contributed by atoms with Gasteiger partial charge in [-0.2, -0.15) is 0 Å². The average Bonchev–Trinajstić information content (AvgIpc) is 3.39. The lowest BCUT2D eigenvalue weighted by atomic mass is 10.0. The van der Waals surface area contributed by atoms with E-state index in [1.54, 1.807) is 13.1 Å². The van der Waals surface area contributed by atoms with Gasteiger partial charge in [0.25, 0.3) is 0 Å². The van der Waals surface area contributed by atoms with Crippen molar-refractivity contribution in [2.45, 2.75) is 37.8 Å². The number of piperidine rings is 1. The van der Waals surface area contributed by atoms with Crippen LogP contribution in [0, 0.1) is 5.92 Å². The van der Waals surface area contributed by atoms with Gasteiger partial charge in [-0.15, -0.1) is 35.3 Å². The minimum atomic E-state index is -0.617. The summed E-state index contributed by atoms with van der Waals surface area (Å²) < 4.78 is 0.670. The molecule has 0 spiro atoms. The summed E-state index contributed by atoms with van der Waals surface area (Å²) in [5.41, 5.74) is 0. The Morgan fingerprint density at radius 1 is 1.38 bits per heavy atom. The van der Waals surface area contributed by atoms with Crippen molar-refractivity contribution in [3.8, 4) is 0 Å². The van der Waals surface area contributed by atoms with Crippen LogP contribution in [0.25, 0.3) is 0 Å². The van der Waals surface area contributed by atoms with E-state index in [4.69, 9.17) is 11.6 Å². The highest BCUT2D eigenvalue weighted by Crippen LogP contribution is 2.32. The molecule has 1 saturated heterocycles. The fourth-order valence-electron chi connectivity index (χ4n) is 3.02. The number of thiophene rings is 1. The van der Waals surface area contributed by atoms with Crippen LogP contribution in [0.1, 0.15) is 36.7 Å². The average molecular weight is 513 g/mol. The number of nitrogens with one attached hydrogen (secondary N) is 2. The molecule has 2 heterocycles. The van der Waals surface area contributed by atoms with Crippen LogP contribution in [0.5, 0.6) is 0 Å². The van der Waals surface area contributed by atoms with Crippen molar-refractivity contribution in [1.29, 1.82) is 0 Å². The highest BCUT2D eigenvalue weighted by molar-refractivity contribution is 14.0. The maximum atomic E-state index is 12.1. The third-order valence-corrected chi connectivity index (χ3v) is 6.02. The number of carbonyl (C=O) groups is 1. The van der Waals surface area contributed by atoms with E-state index in [1.165, 1.54) is 11.3 Å². The number of nitrogens with zero attached hydrogens (tertiary/aromatic N) is 2. The summed E-state index contributed by atoms with van der Waals surface area (Å²) >= 11 is 7.28. The summed E-state index contributed by atoms with van der Waals surface area (Å²) in [5.74, 6) is 1.30. The zero-order valence-corrected chi connectivity index (χ0v) is 18.7. The molecule has 1 saturated carbocycles. The molecule has 0 radical (unpaired) electrons. The van der Waals surface area contributed by atoms with Crippen LogP contribution >= 0.6 is 46.9 Å². The molecule has 3 rings (SSSR count). The van der Waals surface area contributed by atoms with Crippen LogP contribution in [0.2, 0.25) is 4.34 Å². The second-order valence-corrected chi connectivity index (χ2v) is 8.38. The van der Waals surface area contributed by atoms with Gasteiger partial charge in [0.1, 0.15) is 6.10 Å². The van der Waals surface area contributed by atoms with Gasteiger partial charge in [0.05, 0.1) is 4.34 Å². The van der Waals surface area contributed by atoms with E-state index in [1.807, 2.05) is 11.0 Å². The van der Waals surface area contributed by atoms with Crippen LogP contribution in [0.3, 0.4) is 0 Å². The molecule has 2 fully saturated rings. The summed E-state index contributed by atoms with van der Waals surface area (Å²) in [6.07, 6.45) is 3.34. The Hall–Kier alpha value is -0.580. The molecule has 1 atom stereocenters. The Balaban J connectivity index is 0.00000243. The lowest BCUT2D eigenvalue weighted by Gasteiger charge is -2.33. The number of likely N-dealkylation sites (tertiary alicyclic amines) is 1. The van der Waals surface area contributed by atoms with E-state index in [0.717, 1.165) is 43.6 Å². The predicted octanol–water partition coefficient (Wildman–Crippen LogP) is 2.62. The summed E-state index contributed by atoms with van der Waals surface area (Å²) in [6, 6.07) is 3.92. The molecule has 9 heteroatoms. The molecule has 0 aromatic carbocycles. The number of aliphatic hydroxyl groups is 1. The summed E-state index contributed by atoms with van der Waals surface area (Å²) in [6.45, 7) is 1.98. The molecule has 1 aromatic heterocycles. The topological polar surface area (TPSA) is 77.0 Å². The van der Waals surface area contributed by atoms with E-state index in [-0.39, 0.29) is 24.0 Å². The van der Waals surface area contributed by atoms with Gasteiger partial charge in [-0.25, -0.2) is 0 Å². The van der Waals surface area contributed by atoms with Crippen molar-refractivity contribution in [3.63, 3.8) is 0 Å². The zero-order valence-electron chi connectivity index (χ0n) is 14.8. The molecule has 2 aliphatic rings. The SMILES string of the molecule is CN=C(NCC(O)c1ccc(Cl)s1)NC1CCN(C(=O)C2CC2)CC1.I. The Morgan fingerprint density at radius 2 is 2.08 bits per heavy atom. The Kier molecular flexibility index (Phi) is 8.43. The van der Waals surface area contributed by atoms with Crippen molar-refractivity contribution in [3.05, 3.63) is 21.3 Å². The van der Waals surface area contributed by atoms with Gasteiger partial charge < -0.3 is 20.6 Å². The van der Waals surface area contributed by atoms with Gasteiger partial charge in [-0.1, -0.05) is 11.6 Å². The fraction of sp³-hybridized carbons (Fsp3) is 0.647. The molecule has 3 N–H and O–H groups in total. The van der Waals surface area contributed by atoms with Gasteiger partial charge in [-0.05, 0) is 37.8 Å². The van der Waals surface area contributed by atoms with E-state index in [0.29, 0.717) is 34.7 Å². The van der Waals surface area contributed by atoms with Gasteiger partial charge in [0.2, 0.25) is 5.91 Å². The number of amides is 1. The zero-order chi connectivity index (χ0) is 17.8. The van der Waals surface area contributed by atoms with E-state index in [9.17, 15) is 9.90 Å². The lowest BCUT2D eigenvalue weighted by molar-refractivity contribution is -0.133. The largest absolute Gasteiger partial charge is 0.386 e. The summed E-state index contributed by atoms with van der Waals surface area (Å²) in [5, 5.41) is 16.7. The third-order valence-electron chi connectivity index (χ3n) is 4.68. The van der Waals surface area contributed by atoms with Gasteiger partial charge in [0.15, 0.2) is 5.96 Å². The van der Waals surface area contributed by atoms with Crippen LogP contribution < -0.4 is 10.6 Å². The highest BCUT2D eigenvalue weighted by atomic mass is 127. The van der Waals surface area contributed by atoms with E-state index >= 15 is 0 Å².